The summed E-state index contributed by atoms with van der Waals surface area (Å²) >= 11 is 0. The lowest BCUT2D eigenvalue weighted by atomic mass is 9.80. The number of rotatable bonds is 8. The van der Waals surface area contributed by atoms with Gasteiger partial charge in [0.1, 0.15) is 49.8 Å². The van der Waals surface area contributed by atoms with Gasteiger partial charge in [-0.3, -0.25) is 9.36 Å². The molecule has 16 nitrogen and oxygen atoms in total. The summed E-state index contributed by atoms with van der Waals surface area (Å²) in [6.45, 7) is 8.44. The average Bonchev–Trinajstić information content (AvgIpc) is 3.85. The van der Waals surface area contributed by atoms with Gasteiger partial charge >= 0.3 is 11.9 Å². The molecule has 0 aromatic heterocycles. The Morgan fingerprint density at radius 3 is 2.37 bits per heavy atom. The number of carbonyl (C=O) groups excluding carboxylic acids is 2. The van der Waals surface area contributed by atoms with Gasteiger partial charge in [0.15, 0.2) is 14.2 Å². The van der Waals surface area contributed by atoms with Gasteiger partial charge in [0, 0.05) is 54.3 Å². The van der Waals surface area contributed by atoms with Gasteiger partial charge in [-0.05, 0) is 69.4 Å². The van der Waals surface area contributed by atoms with E-state index in [1.54, 1.807) is 0 Å². The van der Waals surface area contributed by atoms with Crippen LogP contribution < -0.4 is 0 Å². The number of methoxy groups -OCH3 is 1. The number of hydrogen-bond donors (Lipinski definition) is 0. The average molecular weight is 923 g/mol. The normalized spacial score (nSPS) is 48.3. The topological polar surface area (TPSA) is 171 Å². The van der Waals surface area contributed by atoms with Crippen LogP contribution in [0.25, 0.3) is 0 Å². The van der Waals surface area contributed by atoms with Crippen LogP contribution in [0.4, 0.5) is 0 Å². The second-order valence-corrected chi connectivity index (χ2v) is 20.6. The van der Waals surface area contributed by atoms with Crippen molar-refractivity contribution in [2.24, 2.45) is 5.92 Å². The molecule has 0 N–H and O–H groups in total. The Hall–Kier alpha value is -1.49. The number of ether oxygens (including phenoxy) is 12. The molecular weight excluding hydrogens is 858 g/mol. The van der Waals surface area contributed by atoms with Crippen LogP contribution in [0, 0.1) is 5.92 Å². The Kier molecular flexibility index (Phi) is 13.6. The molecule has 21 unspecified atom stereocenters. The minimum Gasteiger partial charge on any atom is -0.459 e. The summed E-state index contributed by atoms with van der Waals surface area (Å²) in [5.74, 6) is -2.01. The molecule has 0 amide bonds. The summed E-state index contributed by atoms with van der Waals surface area (Å²) in [4.78, 5) is 26.9. The molecule has 0 aliphatic carbocycles. The van der Waals surface area contributed by atoms with E-state index in [1.807, 2.05) is 6.92 Å². The maximum absolute atomic E-state index is 14.3. The van der Waals surface area contributed by atoms with Crippen molar-refractivity contribution in [3.8, 4) is 0 Å². The van der Waals surface area contributed by atoms with Crippen molar-refractivity contribution in [2.45, 2.75) is 213 Å². The smallest absolute Gasteiger partial charge is 0.332 e. The van der Waals surface area contributed by atoms with E-state index in [9.17, 15) is 14.2 Å². The third-order valence-corrected chi connectivity index (χ3v) is 16.3. The Labute approximate surface area is 373 Å². The van der Waals surface area contributed by atoms with Gasteiger partial charge in [-0.1, -0.05) is 19.1 Å². The summed E-state index contributed by atoms with van der Waals surface area (Å²) in [7, 11) is 3.84. The van der Waals surface area contributed by atoms with Crippen LogP contribution in [0.1, 0.15) is 97.3 Å². The predicted octanol–water partition coefficient (Wildman–Crippen LogP) is 5.01. The van der Waals surface area contributed by atoms with Crippen LogP contribution in [-0.4, -0.2) is 154 Å². The summed E-state index contributed by atoms with van der Waals surface area (Å²) in [5, 5.41) is 0. The van der Waals surface area contributed by atoms with Crippen molar-refractivity contribution < 1.29 is 75.5 Å². The molecule has 11 aliphatic heterocycles. The zero-order chi connectivity index (χ0) is 43.6. The largest absolute Gasteiger partial charge is 0.459 e. The van der Waals surface area contributed by atoms with E-state index in [4.69, 9.17) is 61.4 Å². The predicted molar refractivity (Wildman–Crippen MR) is 224 cm³/mol. The molecule has 18 heteroatoms. The summed E-state index contributed by atoms with van der Waals surface area (Å²) in [5.41, 5.74) is 3.02. The molecule has 11 rings (SSSR count). The SMILES string of the molecule is C=C1CC2CCC34CC5OC6C(OC7CCC(CC(=O)OC8C(CC9OC(CCC1O2)CC(C)=C9COC(=O)COC)OC1CC(OP)C(CCP=O)OC1C8C)OC7C6O3)C5O4. The van der Waals surface area contributed by atoms with Crippen LogP contribution in [-0.2, 0) is 75.5 Å². The minimum atomic E-state index is -0.845. The number of hydrogen-bond acceptors (Lipinski definition) is 16. The van der Waals surface area contributed by atoms with Gasteiger partial charge in [-0.2, -0.15) is 0 Å². The van der Waals surface area contributed by atoms with Crippen molar-refractivity contribution in [3.63, 3.8) is 0 Å². The molecule has 10 fully saturated rings. The molecule has 0 saturated carbocycles. The van der Waals surface area contributed by atoms with E-state index >= 15 is 0 Å². The van der Waals surface area contributed by atoms with Crippen LogP contribution >= 0.6 is 17.9 Å². The molecular formula is C45H64O16P2. The van der Waals surface area contributed by atoms with Crippen molar-refractivity contribution in [2.75, 3.05) is 26.5 Å². The highest BCUT2D eigenvalue weighted by Crippen LogP contribution is 2.54. The lowest BCUT2D eigenvalue weighted by Gasteiger charge is -2.51. The highest BCUT2D eigenvalue weighted by Gasteiger charge is 2.69. The Morgan fingerprint density at radius 2 is 1.54 bits per heavy atom. The first-order valence-electron chi connectivity index (χ1n) is 23.3. The van der Waals surface area contributed by atoms with Gasteiger partial charge < -0.3 is 61.4 Å². The fourth-order valence-electron chi connectivity index (χ4n) is 12.5. The second kappa shape index (κ2) is 18.9. The van der Waals surface area contributed by atoms with Gasteiger partial charge in [0.25, 0.3) is 0 Å². The number of fused-ring (bicyclic) bond motifs is 7. The molecule has 0 radical (unpaired) electrons. The standard InChI is InChI=1S/C45H64O16P2/c1-21-13-24-5-7-28-22(2)14-26(51-28)9-11-45-18-35-41(59-45)42-43(57-35)44(60-45)40-30(56-42)8-6-25(53-40)15-36(46)58-39-23(3)38-34(17-32(61-62)29(55-38)10-12-63-48)54-33(39)16-31(52-24)27(21)19-50-37(47)20-49-4/h23-26,28-35,38-44H,2,5-20,62H2,1,3-4H3. The molecule has 11 aliphatic rings. The van der Waals surface area contributed by atoms with E-state index in [2.05, 4.69) is 23.0 Å². The van der Waals surface area contributed by atoms with E-state index in [0.29, 0.717) is 57.5 Å². The molecule has 1 spiro atoms. The fourth-order valence-corrected chi connectivity index (χ4v) is 13.1. The maximum Gasteiger partial charge on any atom is 0.332 e. The Morgan fingerprint density at radius 1 is 0.794 bits per heavy atom. The second-order valence-electron chi connectivity index (χ2n) is 19.6. The van der Waals surface area contributed by atoms with Gasteiger partial charge in [-0.15, -0.1) is 0 Å². The van der Waals surface area contributed by atoms with E-state index in [-0.39, 0.29) is 101 Å². The molecule has 0 aromatic rings. The molecule has 21 atom stereocenters. The highest BCUT2D eigenvalue weighted by molar-refractivity contribution is 7.23. The molecule has 10 saturated heterocycles. The van der Waals surface area contributed by atoms with Gasteiger partial charge in [0.05, 0.1) is 79.7 Å². The summed E-state index contributed by atoms with van der Waals surface area (Å²) in [6, 6.07) is 0. The molecule has 350 valence electrons. The molecule has 12 bridgehead atoms. The van der Waals surface area contributed by atoms with Crippen molar-refractivity contribution in [1.82, 2.24) is 0 Å². The van der Waals surface area contributed by atoms with Crippen molar-refractivity contribution in [3.05, 3.63) is 23.3 Å². The van der Waals surface area contributed by atoms with E-state index in [1.165, 1.54) is 7.11 Å². The Bertz CT molecular complexity index is 1770. The first-order valence-corrected chi connectivity index (χ1v) is 24.8. The zero-order valence-corrected chi connectivity index (χ0v) is 38.6. The van der Waals surface area contributed by atoms with Crippen LogP contribution in [0.2, 0.25) is 0 Å². The van der Waals surface area contributed by atoms with Gasteiger partial charge in [0.2, 0.25) is 0 Å². The third kappa shape index (κ3) is 9.02. The van der Waals surface area contributed by atoms with Crippen LogP contribution in [0.15, 0.2) is 23.3 Å². The number of carbonyl (C=O) groups is 2. The van der Waals surface area contributed by atoms with E-state index < -0.39 is 60.5 Å². The maximum atomic E-state index is 14.3. The first-order chi connectivity index (χ1) is 30.5. The van der Waals surface area contributed by atoms with E-state index in [0.717, 1.165) is 42.4 Å². The lowest BCUT2D eigenvalue weighted by molar-refractivity contribution is -0.293. The number of esters is 2. The van der Waals surface area contributed by atoms with Gasteiger partial charge in [-0.25, -0.2) is 4.79 Å². The lowest BCUT2D eigenvalue weighted by Crippen LogP contribution is -2.62. The summed E-state index contributed by atoms with van der Waals surface area (Å²) < 4.78 is 96.0. The Balaban J connectivity index is 0.951. The van der Waals surface area contributed by atoms with Crippen LogP contribution in [0.5, 0.6) is 0 Å². The van der Waals surface area contributed by atoms with Crippen molar-refractivity contribution in [1.29, 1.82) is 0 Å². The highest BCUT2D eigenvalue weighted by atomic mass is 31.1. The minimum absolute atomic E-state index is 0.0206. The third-order valence-electron chi connectivity index (χ3n) is 15.5. The quantitative estimate of drug-likeness (QED) is 0.181. The monoisotopic (exact) mass is 922 g/mol. The van der Waals surface area contributed by atoms with Crippen LogP contribution in [0.3, 0.4) is 0 Å². The molecule has 11 heterocycles. The van der Waals surface area contributed by atoms with Crippen molar-refractivity contribution >= 4 is 29.9 Å². The zero-order valence-electron chi connectivity index (χ0n) is 36.5. The fraction of sp³-hybridized carbons (Fsp3) is 0.867. The molecule has 63 heavy (non-hydrogen) atoms. The first kappa shape index (κ1) is 45.3. The summed E-state index contributed by atoms with van der Waals surface area (Å²) in [6.07, 6.45) is 2.18. The molecule has 0 aromatic carbocycles.